The number of H-pyrrole nitrogens is 1. The molecule has 4 rings (SSSR count). The molecule has 0 bridgehead atoms. The van der Waals surface area contributed by atoms with Gasteiger partial charge in [0.25, 0.3) is 0 Å². The number of aromatic amines is 1. The molecule has 7 heteroatoms. The van der Waals surface area contributed by atoms with Gasteiger partial charge in [-0.05, 0) is 38.3 Å². The summed E-state index contributed by atoms with van der Waals surface area (Å²) in [5.74, 6) is 0.231. The first-order valence-corrected chi connectivity index (χ1v) is 9.05. The normalized spacial score (nSPS) is 16.9. The molecule has 1 aliphatic rings. The molecule has 1 N–H and O–H groups in total. The number of benzene rings is 1. The molecule has 0 aliphatic carbocycles. The van der Waals surface area contributed by atoms with E-state index >= 15 is 0 Å². The van der Waals surface area contributed by atoms with Gasteiger partial charge in [0.2, 0.25) is 5.91 Å². The standard InChI is InChI=1S/C20H21FN4O2/c1-12-13(2)24-27-20(12)15-11-22-23-19(15)17-8-5-9-25(17)18(26)10-14-6-3-4-7-16(14)21/h3-4,6-7,11,17H,5,8-10H2,1-2H3,(H,22,23)/t17-/m1/s1. The average molecular weight is 368 g/mol. The summed E-state index contributed by atoms with van der Waals surface area (Å²) in [4.78, 5) is 14.7. The molecule has 0 spiro atoms. The highest BCUT2D eigenvalue weighted by Gasteiger charge is 2.34. The van der Waals surface area contributed by atoms with Crippen molar-refractivity contribution in [3.05, 3.63) is 58.8 Å². The average Bonchev–Trinajstić information content (AvgIpc) is 3.37. The number of aryl methyl sites for hydroxylation is 1. The molecule has 140 valence electrons. The number of hydrogen-bond donors (Lipinski definition) is 1. The minimum Gasteiger partial charge on any atom is -0.356 e. The van der Waals surface area contributed by atoms with E-state index in [9.17, 15) is 9.18 Å². The van der Waals surface area contributed by atoms with Crippen LogP contribution in [0.4, 0.5) is 4.39 Å². The Morgan fingerprint density at radius 3 is 2.93 bits per heavy atom. The fourth-order valence-corrected chi connectivity index (χ4v) is 3.67. The molecule has 3 aromatic rings. The molecule has 6 nitrogen and oxygen atoms in total. The Labute approximate surface area is 156 Å². The Morgan fingerprint density at radius 1 is 1.37 bits per heavy atom. The highest BCUT2D eigenvalue weighted by molar-refractivity contribution is 5.80. The summed E-state index contributed by atoms with van der Waals surface area (Å²) in [5.41, 5.74) is 3.87. The summed E-state index contributed by atoms with van der Waals surface area (Å²) in [6, 6.07) is 6.27. The second-order valence-corrected chi connectivity index (χ2v) is 6.93. The number of hydrogen-bond acceptors (Lipinski definition) is 4. The van der Waals surface area contributed by atoms with Gasteiger partial charge in [-0.2, -0.15) is 5.10 Å². The van der Waals surface area contributed by atoms with E-state index in [2.05, 4.69) is 15.4 Å². The third-order valence-electron chi connectivity index (χ3n) is 5.28. The van der Waals surface area contributed by atoms with E-state index in [1.165, 1.54) is 6.07 Å². The van der Waals surface area contributed by atoms with Crippen molar-refractivity contribution >= 4 is 5.91 Å². The fraction of sp³-hybridized carbons (Fsp3) is 0.350. The second kappa shape index (κ2) is 6.98. The molecular weight excluding hydrogens is 347 g/mol. The van der Waals surface area contributed by atoms with Crippen molar-refractivity contribution in [2.75, 3.05) is 6.54 Å². The number of aromatic nitrogens is 3. The van der Waals surface area contributed by atoms with Gasteiger partial charge in [-0.3, -0.25) is 9.89 Å². The van der Waals surface area contributed by atoms with E-state index in [0.717, 1.165) is 35.4 Å². The molecule has 1 aliphatic heterocycles. The number of amides is 1. The van der Waals surface area contributed by atoms with E-state index in [-0.39, 0.29) is 24.2 Å². The molecule has 2 aromatic heterocycles. The number of rotatable bonds is 4. The molecule has 0 radical (unpaired) electrons. The third kappa shape index (κ3) is 3.13. The summed E-state index contributed by atoms with van der Waals surface area (Å²) in [7, 11) is 0. The zero-order chi connectivity index (χ0) is 19.0. The van der Waals surface area contributed by atoms with Crippen molar-refractivity contribution in [2.45, 2.75) is 39.2 Å². The summed E-state index contributed by atoms with van der Waals surface area (Å²) in [5, 5.41) is 11.2. The Kier molecular flexibility index (Phi) is 4.51. The van der Waals surface area contributed by atoms with Crippen molar-refractivity contribution in [2.24, 2.45) is 0 Å². The molecule has 0 saturated carbocycles. The van der Waals surface area contributed by atoms with Gasteiger partial charge in [0.15, 0.2) is 5.76 Å². The van der Waals surface area contributed by atoms with Gasteiger partial charge in [0, 0.05) is 12.1 Å². The Balaban J connectivity index is 1.61. The molecule has 0 unspecified atom stereocenters. The lowest BCUT2D eigenvalue weighted by Crippen LogP contribution is -2.32. The lowest BCUT2D eigenvalue weighted by atomic mass is 10.0. The number of nitrogens with one attached hydrogen (secondary N) is 1. The van der Waals surface area contributed by atoms with Crippen LogP contribution in [0.1, 0.15) is 41.4 Å². The van der Waals surface area contributed by atoms with E-state index in [4.69, 9.17) is 4.52 Å². The molecular formula is C20H21FN4O2. The van der Waals surface area contributed by atoms with E-state index in [1.807, 2.05) is 18.7 Å². The van der Waals surface area contributed by atoms with Crippen LogP contribution >= 0.6 is 0 Å². The van der Waals surface area contributed by atoms with Crippen LogP contribution in [0.5, 0.6) is 0 Å². The maximum absolute atomic E-state index is 13.9. The van der Waals surface area contributed by atoms with E-state index < -0.39 is 0 Å². The van der Waals surface area contributed by atoms with E-state index in [0.29, 0.717) is 17.9 Å². The molecule has 1 aromatic carbocycles. The molecule has 3 heterocycles. The lowest BCUT2D eigenvalue weighted by Gasteiger charge is -2.24. The topological polar surface area (TPSA) is 75.0 Å². The third-order valence-corrected chi connectivity index (χ3v) is 5.28. The molecule has 1 amide bonds. The minimum atomic E-state index is -0.350. The highest BCUT2D eigenvalue weighted by atomic mass is 19.1. The highest BCUT2D eigenvalue weighted by Crippen LogP contribution is 2.38. The number of nitrogens with zero attached hydrogens (tertiary/aromatic N) is 3. The van der Waals surface area contributed by atoms with Crippen molar-refractivity contribution in [3.63, 3.8) is 0 Å². The Hall–Kier alpha value is -2.96. The largest absolute Gasteiger partial charge is 0.356 e. The predicted molar refractivity (Wildman–Crippen MR) is 97.4 cm³/mol. The molecule has 1 atom stereocenters. The maximum Gasteiger partial charge on any atom is 0.227 e. The van der Waals surface area contributed by atoms with Crippen LogP contribution < -0.4 is 0 Å². The smallest absolute Gasteiger partial charge is 0.227 e. The van der Waals surface area contributed by atoms with Gasteiger partial charge in [-0.15, -0.1) is 0 Å². The second-order valence-electron chi connectivity index (χ2n) is 6.93. The van der Waals surface area contributed by atoms with Crippen LogP contribution in [-0.4, -0.2) is 32.7 Å². The van der Waals surface area contributed by atoms with Gasteiger partial charge in [-0.25, -0.2) is 4.39 Å². The summed E-state index contributed by atoms with van der Waals surface area (Å²) >= 11 is 0. The van der Waals surface area contributed by atoms with Crippen LogP contribution in [0.15, 0.2) is 35.0 Å². The molecule has 1 saturated heterocycles. The number of halogens is 1. The molecule has 27 heavy (non-hydrogen) atoms. The van der Waals surface area contributed by atoms with Crippen molar-refractivity contribution in [3.8, 4) is 11.3 Å². The first kappa shape index (κ1) is 17.5. The van der Waals surface area contributed by atoms with Crippen molar-refractivity contribution in [1.82, 2.24) is 20.3 Å². The van der Waals surface area contributed by atoms with Gasteiger partial charge in [0.05, 0.1) is 35.6 Å². The van der Waals surface area contributed by atoms with Crippen LogP contribution in [-0.2, 0) is 11.2 Å². The SMILES string of the molecule is Cc1noc(-c2cn[nH]c2[C@H]2CCCN2C(=O)Cc2ccccc2F)c1C. The zero-order valence-corrected chi connectivity index (χ0v) is 15.3. The maximum atomic E-state index is 13.9. The van der Waals surface area contributed by atoms with Crippen molar-refractivity contribution < 1.29 is 13.7 Å². The predicted octanol–water partition coefficient (Wildman–Crippen LogP) is 3.73. The number of carbonyl (C=O) groups excluding carboxylic acids is 1. The zero-order valence-electron chi connectivity index (χ0n) is 15.3. The lowest BCUT2D eigenvalue weighted by molar-refractivity contribution is -0.131. The van der Waals surface area contributed by atoms with E-state index in [1.54, 1.807) is 24.4 Å². The number of likely N-dealkylation sites (tertiary alicyclic amines) is 1. The van der Waals surface area contributed by atoms with Crippen LogP contribution in [0.2, 0.25) is 0 Å². The monoisotopic (exact) mass is 368 g/mol. The van der Waals surface area contributed by atoms with Crippen molar-refractivity contribution in [1.29, 1.82) is 0 Å². The van der Waals surface area contributed by atoms with Gasteiger partial charge in [-0.1, -0.05) is 23.4 Å². The molecule has 1 fully saturated rings. The van der Waals surface area contributed by atoms with Gasteiger partial charge in [0.1, 0.15) is 5.82 Å². The first-order valence-electron chi connectivity index (χ1n) is 9.05. The van der Waals surface area contributed by atoms with Gasteiger partial charge >= 0.3 is 0 Å². The number of carbonyl (C=O) groups is 1. The van der Waals surface area contributed by atoms with Gasteiger partial charge < -0.3 is 9.42 Å². The Morgan fingerprint density at radius 2 is 2.19 bits per heavy atom. The van der Waals surface area contributed by atoms with Crippen LogP contribution in [0.3, 0.4) is 0 Å². The first-order chi connectivity index (χ1) is 13.1. The summed E-state index contributed by atoms with van der Waals surface area (Å²) in [6.07, 6.45) is 3.47. The Bertz CT molecular complexity index is 978. The van der Waals surface area contributed by atoms with Crippen LogP contribution in [0, 0.1) is 19.7 Å². The quantitative estimate of drug-likeness (QED) is 0.761. The van der Waals surface area contributed by atoms with Crippen LogP contribution in [0.25, 0.3) is 11.3 Å². The summed E-state index contributed by atoms with van der Waals surface area (Å²) in [6.45, 7) is 4.49. The minimum absolute atomic E-state index is 0.0487. The summed E-state index contributed by atoms with van der Waals surface area (Å²) < 4.78 is 19.4. The fourth-order valence-electron chi connectivity index (χ4n) is 3.67.